The summed E-state index contributed by atoms with van der Waals surface area (Å²) in [5.74, 6) is -0.0495. The topological polar surface area (TPSA) is 79.2 Å². The molecule has 0 aromatic heterocycles. The van der Waals surface area contributed by atoms with Crippen LogP contribution in [0.4, 0.5) is 11.4 Å². The molecule has 132 valence electrons. The van der Waals surface area contributed by atoms with E-state index in [-0.39, 0.29) is 24.2 Å². The number of hydrogen-bond acceptors (Lipinski definition) is 6. The molecule has 0 unspecified atom stereocenters. The molecule has 8 nitrogen and oxygen atoms in total. The third-order valence-corrected chi connectivity index (χ3v) is 4.48. The molecule has 0 bridgehead atoms. The van der Waals surface area contributed by atoms with Crippen LogP contribution in [0.25, 0.3) is 0 Å². The third kappa shape index (κ3) is 4.21. The van der Waals surface area contributed by atoms with E-state index in [9.17, 15) is 14.9 Å². The molecule has 1 fully saturated rings. The summed E-state index contributed by atoms with van der Waals surface area (Å²) in [4.78, 5) is 31.8. The highest BCUT2D eigenvalue weighted by atomic mass is 16.7. The lowest BCUT2D eigenvalue weighted by Crippen LogP contribution is -2.47. The number of carbonyl (C=O) groups excluding carboxylic acids is 1. The molecule has 1 heterocycles. The van der Waals surface area contributed by atoms with E-state index >= 15 is 0 Å². The molecule has 0 atom stereocenters. The van der Waals surface area contributed by atoms with Crippen molar-refractivity contribution >= 4 is 17.3 Å². The number of nitro groups is 1. The largest absolute Gasteiger partial charge is 0.360 e. The second kappa shape index (κ2) is 8.07. The van der Waals surface area contributed by atoms with Gasteiger partial charge in [0.2, 0.25) is 5.91 Å². The van der Waals surface area contributed by atoms with Gasteiger partial charge in [-0.25, -0.2) is 0 Å². The molecule has 0 spiro atoms. The van der Waals surface area contributed by atoms with Gasteiger partial charge in [0.25, 0.3) is 5.69 Å². The first-order valence-electron chi connectivity index (χ1n) is 7.93. The standard InChI is InChI=1S/C16H24N4O4/c1-17(14-6-4-5-7-15(14)20(22)23)12-16(21)18(2)13-8-10-19(24-3)11-9-13/h4-7,13H,8-12H2,1-3H3. The minimum Gasteiger partial charge on any atom is -0.360 e. The lowest BCUT2D eigenvalue weighted by molar-refractivity contribution is -0.384. The summed E-state index contributed by atoms with van der Waals surface area (Å²) in [7, 11) is 5.14. The summed E-state index contributed by atoms with van der Waals surface area (Å²) in [6.45, 7) is 1.68. The number of benzene rings is 1. The third-order valence-electron chi connectivity index (χ3n) is 4.48. The number of rotatable bonds is 6. The Labute approximate surface area is 141 Å². The average Bonchev–Trinajstić information content (AvgIpc) is 2.61. The number of hydroxylamine groups is 2. The van der Waals surface area contributed by atoms with Crippen molar-refractivity contribution in [3.05, 3.63) is 34.4 Å². The second-order valence-electron chi connectivity index (χ2n) is 5.95. The molecule has 1 aliphatic rings. The molecule has 0 saturated carbocycles. The van der Waals surface area contributed by atoms with E-state index in [0.29, 0.717) is 5.69 Å². The second-order valence-corrected chi connectivity index (χ2v) is 5.95. The fourth-order valence-corrected chi connectivity index (χ4v) is 2.96. The molecule has 24 heavy (non-hydrogen) atoms. The maximum atomic E-state index is 12.5. The number of nitro benzene ring substituents is 1. The molecule has 1 saturated heterocycles. The fourth-order valence-electron chi connectivity index (χ4n) is 2.96. The van der Waals surface area contributed by atoms with E-state index in [0.717, 1.165) is 25.9 Å². The summed E-state index contributed by atoms with van der Waals surface area (Å²) >= 11 is 0. The summed E-state index contributed by atoms with van der Waals surface area (Å²) < 4.78 is 0. The maximum Gasteiger partial charge on any atom is 0.292 e. The number of carbonyl (C=O) groups is 1. The number of amides is 1. The lowest BCUT2D eigenvalue weighted by Gasteiger charge is -2.36. The van der Waals surface area contributed by atoms with Crippen molar-refractivity contribution in [1.82, 2.24) is 9.96 Å². The van der Waals surface area contributed by atoms with Crippen molar-refractivity contribution in [2.24, 2.45) is 0 Å². The zero-order valence-corrected chi connectivity index (χ0v) is 14.3. The SMILES string of the molecule is CON1CCC(N(C)C(=O)CN(C)c2ccccc2[N+](=O)[O-])CC1. The Balaban J connectivity index is 1.98. The Bertz CT molecular complexity index is 587. The summed E-state index contributed by atoms with van der Waals surface area (Å²) in [6, 6.07) is 6.62. The lowest BCUT2D eigenvalue weighted by atomic mass is 10.1. The predicted molar refractivity (Wildman–Crippen MR) is 90.7 cm³/mol. The van der Waals surface area contributed by atoms with Gasteiger partial charge >= 0.3 is 0 Å². The van der Waals surface area contributed by atoms with E-state index in [2.05, 4.69) is 0 Å². The van der Waals surface area contributed by atoms with E-state index in [1.54, 1.807) is 49.2 Å². The van der Waals surface area contributed by atoms with Crippen LogP contribution in [0, 0.1) is 10.1 Å². The molecule has 1 aromatic rings. The molecular formula is C16H24N4O4. The molecule has 1 aromatic carbocycles. The van der Waals surface area contributed by atoms with E-state index in [4.69, 9.17) is 4.84 Å². The Hall–Kier alpha value is -2.19. The van der Waals surface area contributed by atoms with Gasteiger partial charge < -0.3 is 14.6 Å². The van der Waals surface area contributed by atoms with Crippen LogP contribution in [0.5, 0.6) is 0 Å². The molecule has 1 aliphatic heterocycles. The Morgan fingerprint density at radius 1 is 1.33 bits per heavy atom. The highest BCUT2D eigenvalue weighted by Crippen LogP contribution is 2.26. The highest BCUT2D eigenvalue weighted by Gasteiger charge is 2.26. The molecule has 0 N–H and O–H groups in total. The number of likely N-dealkylation sites (N-methyl/N-ethyl adjacent to an activating group) is 2. The highest BCUT2D eigenvalue weighted by molar-refractivity contribution is 5.82. The molecular weight excluding hydrogens is 312 g/mol. The first kappa shape index (κ1) is 18.2. The Morgan fingerprint density at radius 3 is 2.54 bits per heavy atom. The van der Waals surface area contributed by atoms with Crippen LogP contribution in [-0.4, -0.2) is 67.7 Å². The monoisotopic (exact) mass is 336 g/mol. The number of para-hydroxylation sites is 2. The van der Waals surface area contributed by atoms with Gasteiger partial charge in [0.05, 0.1) is 18.6 Å². The van der Waals surface area contributed by atoms with Crippen LogP contribution in [0.2, 0.25) is 0 Å². The summed E-state index contributed by atoms with van der Waals surface area (Å²) in [5.41, 5.74) is 0.447. The van der Waals surface area contributed by atoms with Gasteiger partial charge in [-0.1, -0.05) is 12.1 Å². The quantitative estimate of drug-likeness (QED) is 0.579. The minimum atomic E-state index is -0.430. The van der Waals surface area contributed by atoms with E-state index in [1.165, 1.54) is 6.07 Å². The van der Waals surface area contributed by atoms with Crippen LogP contribution in [0.1, 0.15) is 12.8 Å². The van der Waals surface area contributed by atoms with Gasteiger partial charge in [0.1, 0.15) is 5.69 Å². The van der Waals surface area contributed by atoms with Crippen molar-refractivity contribution in [3.63, 3.8) is 0 Å². The summed E-state index contributed by atoms with van der Waals surface area (Å²) in [6.07, 6.45) is 1.70. The van der Waals surface area contributed by atoms with Crippen LogP contribution in [0.3, 0.4) is 0 Å². The van der Waals surface area contributed by atoms with Crippen LogP contribution >= 0.6 is 0 Å². The van der Waals surface area contributed by atoms with Crippen molar-refractivity contribution < 1.29 is 14.6 Å². The number of nitrogens with zero attached hydrogens (tertiary/aromatic N) is 4. The van der Waals surface area contributed by atoms with Gasteiger partial charge in [-0.2, -0.15) is 5.06 Å². The predicted octanol–water partition coefficient (Wildman–Crippen LogP) is 1.52. The zero-order valence-electron chi connectivity index (χ0n) is 14.3. The average molecular weight is 336 g/mol. The number of piperidine rings is 1. The van der Waals surface area contributed by atoms with Crippen LogP contribution in [0.15, 0.2) is 24.3 Å². The Kier molecular flexibility index (Phi) is 6.10. The number of anilines is 1. The van der Waals surface area contributed by atoms with Crippen LogP contribution in [-0.2, 0) is 9.63 Å². The van der Waals surface area contributed by atoms with Gasteiger partial charge in [-0.3, -0.25) is 14.9 Å². The summed E-state index contributed by atoms with van der Waals surface area (Å²) in [5, 5.41) is 13.0. The molecule has 8 heteroatoms. The number of hydrogen-bond donors (Lipinski definition) is 0. The van der Waals surface area contributed by atoms with Gasteiger partial charge in [-0.15, -0.1) is 0 Å². The zero-order chi connectivity index (χ0) is 17.7. The van der Waals surface area contributed by atoms with E-state index < -0.39 is 4.92 Å². The molecule has 0 radical (unpaired) electrons. The van der Waals surface area contributed by atoms with Crippen molar-refractivity contribution in [3.8, 4) is 0 Å². The van der Waals surface area contributed by atoms with E-state index in [1.807, 2.05) is 5.06 Å². The molecule has 0 aliphatic carbocycles. The fraction of sp³-hybridized carbons (Fsp3) is 0.562. The van der Waals surface area contributed by atoms with Crippen LogP contribution < -0.4 is 4.90 Å². The van der Waals surface area contributed by atoms with Crippen molar-refractivity contribution in [2.45, 2.75) is 18.9 Å². The minimum absolute atomic E-state index is 0.00357. The normalized spacial score (nSPS) is 16.0. The maximum absolute atomic E-state index is 12.5. The molecule has 1 amide bonds. The molecule has 2 rings (SSSR count). The van der Waals surface area contributed by atoms with Gasteiger partial charge in [0, 0.05) is 39.3 Å². The van der Waals surface area contributed by atoms with Gasteiger partial charge in [-0.05, 0) is 18.9 Å². The van der Waals surface area contributed by atoms with Gasteiger partial charge in [0.15, 0.2) is 0 Å². The van der Waals surface area contributed by atoms with Crippen molar-refractivity contribution in [1.29, 1.82) is 0 Å². The first-order chi connectivity index (χ1) is 11.4. The Morgan fingerprint density at radius 2 is 1.96 bits per heavy atom. The van der Waals surface area contributed by atoms with Crippen molar-refractivity contribution in [2.75, 3.05) is 45.7 Å². The first-order valence-corrected chi connectivity index (χ1v) is 7.93. The smallest absolute Gasteiger partial charge is 0.292 e.